The van der Waals surface area contributed by atoms with E-state index in [0.717, 1.165) is 0 Å². The SMILES string of the molecule is O=C1O[C@@H](Cn2ccnn2)CN1c1cccc(F)c1-c1ccc(C2=NO[C@H](CO)C2)nc1. The van der Waals surface area contributed by atoms with E-state index in [-0.39, 0.29) is 24.8 Å². The number of carbonyl (C=O) groups excluding carboxylic acids is 1. The monoisotopic (exact) mass is 438 g/mol. The quantitative estimate of drug-likeness (QED) is 0.626. The summed E-state index contributed by atoms with van der Waals surface area (Å²) in [6.07, 6.45) is 3.82. The van der Waals surface area contributed by atoms with Gasteiger partial charge in [-0.3, -0.25) is 9.88 Å². The number of cyclic esters (lactones) is 1. The Morgan fingerprint density at radius 3 is 2.84 bits per heavy atom. The number of hydrogen-bond donors (Lipinski definition) is 1. The van der Waals surface area contributed by atoms with Gasteiger partial charge in [0.15, 0.2) is 6.10 Å². The number of benzene rings is 1. The van der Waals surface area contributed by atoms with Gasteiger partial charge in [-0.2, -0.15) is 0 Å². The van der Waals surface area contributed by atoms with Crippen molar-refractivity contribution in [3.63, 3.8) is 0 Å². The van der Waals surface area contributed by atoms with Gasteiger partial charge >= 0.3 is 6.09 Å². The third-order valence-electron chi connectivity index (χ3n) is 5.30. The number of rotatable bonds is 6. The average molecular weight is 438 g/mol. The van der Waals surface area contributed by atoms with Gasteiger partial charge in [0.25, 0.3) is 0 Å². The fourth-order valence-corrected chi connectivity index (χ4v) is 3.77. The van der Waals surface area contributed by atoms with Crippen molar-refractivity contribution in [2.75, 3.05) is 18.1 Å². The van der Waals surface area contributed by atoms with Gasteiger partial charge in [-0.15, -0.1) is 5.10 Å². The van der Waals surface area contributed by atoms with Crippen LogP contribution in [0.25, 0.3) is 11.1 Å². The Bertz CT molecular complexity index is 1150. The number of halogens is 1. The van der Waals surface area contributed by atoms with Crippen LogP contribution in [0.3, 0.4) is 0 Å². The number of amides is 1. The minimum Gasteiger partial charge on any atom is -0.442 e. The maximum Gasteiger partial charge on any atom is 0.414 e. The molecule has 1 N–H and O–H groups in total. The Morgan fingerprint density at radius 2 is 2.12 bits per heavy atom. The molecule has 1 saturated heterocycles. The Balaban J connectivity index is 1.41. The molecule has 0 saturated carbocycles. The van der Waals surface area contributed by atoms with Crippen molar-refractivity contribution in [1.82, 2.24) is 20.0 Å². The zero-order valence-electron chi connectivity index (χ0n) is 16.8. The summed E-state index contributed by atoms with van der Waals surface area (Å²) in [5, 5.41) is 20.8. The predicted octanol–water partition coefficient (Wildman–Crippen LogP) is 1.99. The molecule has 0 unspecified atom stereocenters. The summed E-state index contributed by atoms with van der Waals surface area (Å²) in [6, 6.07) is 7.98. The number of carbonyl (C=O) groups is 1. The molecule has 10 nitrogen and oxygen atoms in total. The van der Waals surface area contributed by atoms with E-state index in [1.54, 1.807) is 41.3 Å². The molecule has 0 bridgehead atoms. The summed E-state index contributed by atoms with van der Waals surface area (Å²) in [5.74, 6) is -0.480. The molecule has 2 aromatic heterocycles. The molecule has 0 spiro atoms. The summed E-state index contributed by atoms with van der Waals surface area (Å²) in [6.45, 7) is 0.465. The van der Waals surface area contributed by atoms with Crippen LogP contribution >= 0.6 is 0 Å². The lowest BCUT2D eigenvalue weighted by molar-refractivity contribution is 0.0390. The number of ether oxygens (including phenoxy) is 1. The van der Waals surface area contributed by atoms with Gasteiger partial charge in [0.1, 0.15) is 17.6 Å². The van der Waals surface area contributed by atoms with Crippen molar-refractivity contribution < 1.29 is 23.9 Å². The van der Waals surface area contributed by atoms with Crippen LogP contribution in [0, 0.1) is 5.82 Å². The van der Waals surface area contributed by atoms with Crippen LogP contribution in [-0.4, -0.2) is 62.2 Å². The van der Waals surface area contributed by atoms with Crippen molar-refractivity contribution in [2.45, 2.75) is 25.2 Å². The Labute approximate surface area is 181 Å². The lowest BCUT2D eigenvalue weighted by Crippen LogP contribution is -2.26. The number of nitrogens with zero attached hydrogens (tertiary/aromatic N) is 6. The van der Waals surface area contributed by atoms with Gasteiger partial charge in [0, 0.05) is 29.9 Å². The smallest absolute Gasteiger partial charge is 0.414 e. The maximum atomic E-state index is 14.9. The third kappa shape index (κ3) is 3.78. The molecule has 0 radical (unpaired) electrons. The molecule has 1 aromatic carbocycles. The van der Waals surface area contributed by atoms with E-state index in [9.17, 15) is 14.3 Å². The van der Waals surface area contributed by atoms with Gasteiger partial charge in [-0.25, -0.2) is 13.9 Å². The van der Waals surface area contributed by atoms with Gasteiger partial charge in [-0.1, -0.05) is 22.5 Å². The number of hydrogen-bond acceptors (Lipinski definition) is 8. The second-order valence-corrected chi connectivity index (χ2v) is 7.46. The molecule has 2 aliphatic heterocycles. The summed E-state index contributed by atoms with van der Waals surface area (Å²) in [7, 11) is 0. The summed E-state index contributed by atoms with van der Waals surface area (Å²) < 4.78 is 21.9. The number of aliphatic hydroxyl groups excluding tert-OH is 1. The topological polar surface area (TPSA) is 115 Å². The van der Waals surface area contributed by atoms with Crippen LogP contribution in [0.2, 0.25) is 0 Å². The van der Waals surface area contributed by atoms with E-state index < -0.39 is 18.0 Å². The first-order chi connectivity index (χ1) is 15.6. The third-order valence-corrected chi connectivity index (χ3v) is 5.30. The minimum atomic E-state index is -0.556. The number of oxime groups is 1. The van der Waals surface area contributed by atoms with Crippen LogP contribution in [0.1, 0.15) is 12.1 Å². The molecule has 5 rings (SSSR count). The lowest BCUT2D eigenvalue weighted by Gasteiger charge is -2.18. The zero-order valence-corrected chi connectivity index (χ0v) is 16.8. The van der Waals surface area contributed by atoms with Gasteiger partial charge in [-0.05, 0) is 18.2 Å². The summed E-state index contributed by atoms with van der Waals surface area (Å²) in [5.41, 5.74) is 2.35. The standard InChI is InChI=1S/C21H19FN6O4/c22-16-2-1-3-19(28-11-15(31-21(28)30)10-27-7-6-24-26-27)20(16)13-4-5-17(23-9-13)18-8-14(12-29)32-25-18/h1-7,9,14-15,29H,8,10-12H2/t14-,15-/m0/s1. The van der Waals surface area contributed by atoms with Crippen LogP contribution in [0.4, 0.5) is 14.9 Å². The molecule has 1 amide bonds. The lowest BCUT2D eigenvalue weighted by atomic mass is 10.0. The molecule has 0 aliphatic carbocycles. The van der Waals surface area contributed by atoms with Crippen LogP contribution in [0.15, 0.2) is 54.1 Å². The molecule has 1 fully saturated rings. The Kier molecular flexibility index (Phi) is 5.23. The first kappa shape index (κ1) is 20.1. The minimum absolute atomic E-state index is 0.131. The first-order valence-corrected chi connectivity index (χ1v) is 10.0. The van der Waals surface area contributed by atoms with Crippen molar-refractivity contribution in [1.29, 1.82) is 0 Å². The van der Waals surface area contributed by atoms with Gasteiger partial charge in [0.05, 0.1) is 37.3 Å². The highest BCUT2D eigenvalue weighted by molar-refractivity contribution is 6.00. The second-order valence-electron chi connectivity index (χ2n) is 7.46. The summed E-state index contributed by atoms with van der Waals surface area (Å²) >= 11 is 0. The van der Waals surface area contributed by atoms with Crippen molar-refractivity contribution >= 4 is 17.5 Å². The molecule has 11 heteroatoms. The van der Waals surface area contributed by atoms with E-state index >= 15 is 0 Å². The average Bonchev–Trinajstić information content (AvgIpc) is 3.55. The van der Waals surface area contributed by atoms with Crippen molar-refractivity contribution in [3.8, 4) is 11.1 Å². The molecule has 3 aromatic rings. The normalized spacial score (nSPS) is 20.2. The maximum absolute atomic E-state index is 14.9. The van der Waals surface area contributed by atoms with Crippen LogP contribution in [-0.2, 0) is 16.1 Å². The number of aromatic nitrogens is 4. The second kappa shape index (κ2) is 8.35. The highest BCUT2D eigenvalue weighted by Gasteiger charge is 2.35. The Hall–Kier alpha value is -3.86. The number of pyridine rings is 1. The first-order valence-electron chi connectivity index (χ1n) is 10.0. The Morgan fingerprint density at radius 1 is 1.22 bits per heavy atom. The molecule has 32 heavy (non-hydrogen) atoms. The van der Waals surface area contributed by atoms with Crippen molar-refractivity contribution in [3.05, 3.63) is 60.4 Å². The highest BCUT2D eigenvalue weighted by Crippen LogP contribution is 2.35. The number of anilines is 1. The largest absolute Gasteiger partial charge is 0.442 e. The van der Waals surface area contributed by atoms with Gasteiger partial charge < -0.3 is 14.7 Å². The molecular weight excluding hydrogens is 419 g/mol. The van der Waals surface area contributed by atoms with Crippen LogP contribution < -0.4 is 4.90 Å². The van der Waals surface area contributed by atoms with E-state index in [1.807, 2.05) is 0 Å². The molecule has 2 atom stereocenters. The fourth-order valence-electron chi connectivity index (χ4n) is 3.77. The van der Waals surface area contributed by atoms with Gasteiger partial charge in [0.2, 0.25) is 0 Å². The van der Waals surface area contributed by atoms with Crippen LogP contribution in [0.5, 0.6) is 0 Å². The molecule has 2 aliphatic rings. The predicted molar refractivity (Wildman–Crippen MR) is 110 cm³/mol. The van der Waals surface area contributed by atoms with Crippen molar-refractivity contribution in [2.24, 2.45) is 5.16 Å². The molecular formula is C21H19FN6O4. The summed E-state index contributed by atoms with van der Waals surface area (Å²) in [4.78, 5) is 23.5. The molecule has 4 heterocycles. The number of aliphatic hydroxyl groups is 1. The highest BCUT2D eigenvalue weighted by atomic mass is 19.1. The zero-order chi connectivity index (χ0) is 22.1. The van der Waals surface area contributed by atoms with E-state index in [4.69, 9.17) is 9.57 Å². The van der Waals surface area contributed by atoms with E-state index in [2.05, 4.69) is 20.5 Å². The molecule has 164 valence electrons. The van der Waals surface area contributed by atoms with E-state index in [1.165, 1.54) is 17.2 Å². The fraction of sp³-hybridized carbons (Fsp3) is 0.286. The van der Waals surface area contributed by atoms with E-state index in [0.29, 0.717) is 35.6 Å².